The van der Waals surface area contributed by atoms with Crippen molar-refractivity contribution in [3.05, 3.63) is 0 Å². The molecule has 7 nitrogen and oxygen atoms in total. The predicted molar refractivity (Wildman–Crippen MR) is 94.7 cm³/mol. The van der Waals surface area contributed by atoms with Gasteiger partial charge in [-0.3, -0.25) is 9.59 Å². The summed E-state index contributed by atoms with van der Waals surface area (Å²) in [6.07, 6.45) is 4.75. The number of hydrogen-bond donors (Lipinski definition) is 1. The Morgan fingerprint density at radius 2 is 1.65 bits per heavy atom. The van der Waals surface area contributed by atoms with E-state index in [2.05, 4.69) is 0 Å². The van der Waals surface area contributed by atoms with Gasteiger partial charge in [-0.15, -0.1) is 0 Å². The van der Waals surface area contributed by atoms with Crippen LogP contribution in [0.15, 0.2) is 0 Å². The number of piperidine rings is 1. The van der Waals surface area contributed by atoms with Gasteiger partial charge in [-0.05, 0) is 62.7 Å². The van der Waals surface area contributed by atoms with Crippen LogP contribution in [0.1, 0.15) is 39.0 Å². The Kier molecular flexibility index (Phi) is 4.54. The molecule has 4 aliphatic rings. The molecule has 0 spiro atoms. The van der Waals surface area contributed by atoms with E-state index in [1.807, 2.05) is 0 Å². The fraction of sp³-hybridized carbons (Fsp3) is 0.889. The van der Waals surface area contributed by atoms with Crippen LogP contribution in [0.4, 0.5) is 0 Å². The minimum Gasteiger partial charge on any atom is -0.480 e. The van der Waals surface area contributed by atoms with Crippen LogP contribution in [0.25, 0.3) is 0 Å². The quantitative estimate of drug-likeness (QED) is 0.737. The molecule has 3 saturated carbocycles. The van der Waals surface area contributed by atoms with Gasteiger partial charge in [0.05, 0.1) is 5.75 Å². The summed E-state index contributed by atoms with van der Waals surface area (Å²) in [7, 11) is -3.22. The minimum atomic E-state index is -3.22. The molecular formula is C18H28N2O5S. The molecule has 0 aromatic carbocycles. The molecule has 4 rings (SSSR count). The first-order valence-corrected chi connectivity index (χ1v) is 11.4. The second kappa shape index (κ2) is 6.48. The lowest BCUT2D eigenvalue weighted by atomic mass is 9.99. The average Bonchev–Trinajstić information content (AvgIpc) is 3.06. The zero-order valence-electron chi connectivity index (χ0n) is 15.2. The molecular weight excluding hydrogens is 356 g/mol. The standard InChI is InChI=1S/C18H28N2O5S/c1-2-26(24,25)19-7-5-13(6-8-19)20(10-14(21)22)18(23)17-15-11-3-4-12(9-11)16(15)17/h11-13,15-17H,2-10H2,1H3,(H,21,22). The van der Waals surface area contributed by atoms with Crippen LogP contribution in [0.5, 0.6) is 0 Å². The van der Waals surface area contributed by atoms with Gasteiger partial charge in [-0.1, -0.05) is 0 Å². The van der Waals surface area contributed by atoms with E-state index in [0.717, 1.165) is 0 Å². The second-order valence-electron chi connectivity index (χ2n) is 8.40. The van der Waals surface area contributed by atoms with Crippen molar-refractivity contribution in [2.24, 2.45) is 29.6 Å². The third-order valence-electron chi connectivity index (χ3n) is 7.23. The third-order valence-corrected chi connectivity index (χ3v) is 9.11. The number of sulfonamides is 1. The number of carbonyl (C=O) groups is 2. The fourth-order valence-corrected chi connectivity index (χ4v) is 7.13. The summed E-state index contributed by atoms with van der Waals surface area (Å²) in [6, 6.07) is -0.166. The second-order valence-corrected chi connectivity index (χ2v) is 10.7. The number of rotatable bonds is 6. The van der Waals surface area contributed by atoms with Gasteiger partial charge in [0.2, 0.25) is 15.9 Å². The highest BCUT2D eigenvalue weighted by Gasteiger charge is 2.68. The summed E-state index contributed by atoms with van der Waals surface area (Å²) in [6.45, 7) is 2.09. The molecule has 2 bridgehead atoms. The van der Waals surface area contributed by atoms with Gasteiger partial charge < -0.3 is 10.0 Å². The summed E-state index contributed by atoms with van der Waals surface area (Å²) >= 11 is 0. The normalized spacial score (nSPS) is 36.7. The van der Waals surface area contributed by atoms with Gasteiger partial charge in [-0.25, -0.2) is 12.7 Å². The van der Waals surface area contributed by atoms with Crippen molar-refractivity contribution in [1.29, 1.82) is 0 Å². The van der Waals surface area contributed by atoms with E-state index in [0.29, 0.717) is 49.6 Å². The maximum Gasteiger partial charge on any atom is 0.323 e. The van der Waals surface area contributed by atoms with Crippen LogP contribution in [-0.4, -0.2) is 66.0 Å². The van der Waals surface area contributed by atoms with E-state index in [1.54, 1.807) is 11.8 Å². The highest BCUT2D eigenvalue weighted by molar-refractivity contribution is 7.89. The van der Waals surface area contributed by atoms with Crippen molar-refractivity contribution in [3.63, 3.8) is 0 Å². The van der Waals surface area contributed by atoms with Gasteiger partial charge in [0.15, 0.2) is 0 Å². The van der Waals surface area contributed by atoms with Gasteiger partial charge in [0.1, 0.15) is 6.54 Å². The zero-order valence-corrected chi connectivity index (χ0v) is 16.0. The number of amides is 1. The number of nitrogens with zero attached hydrogens (tertiary/aromatic N) is 2. The Morgan fingerprint density at radius 3 is 2.15 bits per heavy atom. The van der Waals surface area contributed by atoms with E-state index >= 15 is 0 Å². The van der Waals surface area contributed by atoms with Crippen molar-refractivity contribution in [3.8, 4) is 0 Å². The smallest absolute Gasteiger partial charge is 0.323 e. The number of carboxylic acid groups (broad SMARTS) is 1. The first kappa shape index (κ1) is 18.2. The number of carboxylic acids is 1. The summed E-state index contributed by atoms with van der Waals surface area (Å²) < 4.78 is 25.5. The first-order chi connectivity index (χ1) is 12.3. The van der Waals surface area contributed by atoms with E-state index in [9.17, 15) is 23.1 Å². The highest BCUT2D eigenvalue weighted by atomic mass is 32.2. The number of carbonyl (C=O) groups excluding carboxylic acids is 1. The van der Waals surface area contributed by atoms with Crippen LogP contribution in [0.3, 0.4) is 0 Å². The molecule has 1 aliphatic heterocycles. The maximum atomic E-state index is 13.1. The molecule has 146 valence electrons. The summed E-state index contributed by atoms with van der Waals surface area (Å²) in [5, 5.41) is 9.30. The van der Waals surface area contributed by atoms with Crippen molar-refractivity contribution < 1.29 is 23.1 Å². The Hall–Kier alpha value is -1.15. The Bertz CT molecular complexity index is 684. The average molecular weight is 384 g/mol. The summed E-state index contributed by atoms with van der Waals surface area (Å²) in [4.78, 5) is 26.1. The van der Waals surface area contributed by atoms with Crippen LogP contribution in [-0.2, 0) is 19.6 Å². The van der Waals surface area contributed by atoms with Crippen LogP contribution in [0, 0.1) is 29.6 Å². The van der Waals surface area contributed by atoms with E-state index in [1.165, 1.54) is 23.6 Å². The molecule has 0 radical (unpaired) electrons. The summed E-state index contributed by atoms with van der Waals surface area (Å²) in [5.74, 6) is 1.43. The Balaban J connectivity index is 1.43. The highest BCUT2D eigenvalue weighted by Crippen LogP contribution is 2.69. The monoisotopic (exact) mass is 384 g/mol. The number of hydrogen-bond acceptors (Lipinski definition) is 4. The van der Waals surface area contributed by atoms with E-state index < -0.39 is 16.0 Å². The first-order valence-electron chi connectivity index (χ1n) is 9.83. The molecule has 0 aromatic rings. The van der Waals surface area contributed by atoms with Gasteiger partial charge >= 0.3 is 5.97 Å². The lowest BCUT2D eigenvalue weighted by molar-refractivity contribution is -0.148. The largest absolute Gasteiger partial charge is 0.480 e. The van der Waals surface area contributed by atoms with Crippen LogP contribution < -0.4 is 0 Å². The molecule has 1 heterocycles. The predicted octanol–water partition coefficient (Wildman–Crippen LogP) is 1.01. The Morgan fingerprint density at radius 1 is 1.08 bits per heavy atom. The molecule has 0 aromatic heterocycles. The molecule has 26 heavy (non-hydrogen) atoms. The molecule has 4 unspecified atom stereocenters. The molecule has 1 N–H and O–H groups in total. The molecule has 3 aliphatic carbocycles. The number of aliphatic carboxylic acids is 1. The Labute approximate surface area is 154 Å². The molecule has 1 amide bonds. The van der Waals surface area contributed by atoms with E-state index in [4.69, 9.17) is 0 Å². The third kappa shape index (κ3) is 2.95. The molecule has 4 atom stereocenters. The van der Waals surface area contributed by atoms with E-state index in [-0.39, 0.29) is 30.2 Å². The maximum absolute atomic E-state index is 13.1. The van der Waals surface area contributed by atoms with Gasteiger partial charge in [0.25, 0.3) is 0 Å². The van der Waals surface area contributed by atoms with Crippen LogP contribution in [0.2, 0.25) is 0 Å². The zero-order chi connectivity index (χ0) is 18.6. The molecule has 1 saturated heterocycles. The van der Waals surface area contributed by atoms with Crippen molar-refractivity contribution in [2.45, 2.75) is 45.1 Å². The van der Waals surface area contributed by atoms with Crippen LogP contribution >= 0.6 is 0 Å². The van der Waals surface area contributed by atoms with Crippen molar-refractivity contribution >= 4 is 21.9 Å². The SMILES string of the molecule is CCS(=O)(=O)N1CCC(N(CC(=O)O)C(=O)C2C3C4CCC(C4)C23)CC1. The van der Waals surface area contributed by atoms with Gasteiger partial charge in [-0.2, -0.15) is 0 Å². The fourth-order valence-electron chi connectivity index (χ4n) is 5.99. The van der Waals surface area contributed by atoms with Crippen molar-refractivity contribution in [1.82, 2.24) is 9.21 Å². The lowest BCUT2D eigenvalue weighted by Crippen LogP contribution is -2.51. The number of fused-ring (bicyclic) bond motifs is 5. The van der Waals surface area contributed by atoms with Crippen molar-refractivity contribution in [2.75, 3.05) is 25.4 Å². The van der Waals surface area contributed by atoms with Gasteiger partial charge in [0, 0.05) is 25.0 Å². The minimum absolute atomic E-state index is 0.01000. The topological polar surface area (TPSA) is 95.0 Å². The molecule has 4 fully saturated rings. The summed E-state index contributed by atoms with van der Waals surface area (Å²) in [5.41, 5.74) is 0. The lowest BCUT2D eigenvalue weighted by Gasteiger charge is -2.37. The molecule has 8 heteroatoms.